The van der Waals surface area contributed by atoms with Crippen molar-refractivity contribution >= 4 is 11.6 Å². The van der Waals surface area contributed by atoms with Crippen LogP contribution >= 0.6 is 11.6 Å². The number of aryl methyl sites for hydroxylation is 2. The van der Waals surface area contributed by atoms with Crippen LogP contribution in [0.1, 0.15) is 33.9 Å². The number of aromatic nitrogens is 4. The van der Waals surface area contributed by atoms with E-state index in [-0.39, 0.29) is 0 Å². The lowest BCUT2D eigenvalue weighted by atomic mass is 10.0. The Morgan fingerprint density at radius 1 is 1.10 bits per heavy atom. The number of nitrogens with zero attached hydrogens (tertiary/aromatic N) is 5. The summed E-state index contributed by atoms with van der Waals surface area (Å²) in [7, 11) is 0. The fourth-order valence-corrected chi connectivity index (χ4v) is 3.51. The second-order valence-electron chi connectivity index (χ2n) is 6.86. The second-order valence-corrected chi connectivity index (χ2v) is 7.26. The SMILES string of the molecule is Cc1noc(-c2ccc(Cc3c(C)nn(-c4ccc(C#N)c(Cl)c4)c3C)cc2)n1. The maximum atomic E-state index is 9.07. The minimum absolute atomic E-state index is 0.422. The predicted octanol–water partition coefficient (Wildman–Crippen LogP) is 4.96. The summed E-state index contributed by atoms with van der Waals surface area (Å²) in [6.45, 7) is 5.84. The van der Waals surface area contributed by atoms with Crippen molar-refractivity contribution in [2.24, 2.45) is 0 Å². The average Bonchev–Trinajstić information content (AvgIpc) is 3.27. The van der Waals surface area contributed by atoms with E-state index in [1.54, 1.807) is 19.1 Å². The first-order valence-electron chi connectivity index (χ1n) is 9.11. The molecule has 0 fully saturated rings. The first kappa shape index (κ1) is 18.9. The molecule has 7 heteroatoms. The maximum Gasteiger partial charge on any atom is 0.257 e. The lowest BCUT2D eigenvalue weighted by Gasteiger charge is -2.07. The van der Waals surface area contributed by atoms with Gasteiger partial charge in [0, 0.05) is 23.2 Å². The molecular weight excluding hydrogens is 386 g/mol. The third-order valence-corrected chi connectivity index (χ3v) is 5.18. The van der Waals surface area contributed by atoms with Crippen LogP contribution < -0.4 is 0 Å². The molecule has 0 saturated carbocycles. The van der Waals surface area contributed by atoms with Crippen molar-refractivity contribution in [3.63, 3.8) is 0 Å². The van der Waals surface area contributed by atoms with E-state index < -0.39 is 0 Å². The maximum absolute atomic E-state index is 9.07. The lowest BCUT2D eigenvalue weighted by molar-refractivity contribution is 0.425. The number of rotatable bonds is 4. The van der Waals surface area contributed by atoms with Gasteiger partial charge in [-0.3, -0.25) is 0 Å². The van der Waals surface area contributed by atoms with Gasteiger partial charge in [0.15, 0.2) is 5.82 Å². The van der Waals surface area contributed by atoms with Gasteiger partial charge in [-0.25, -0.2) is 4.68 Å². The van der Waals surface area contributed by atoms with Crippen LogP contribution in [0.2, 0.25) is 5.02 Å². The lowest BCUT2D eigenvalue weighted by Crippen LogP contribution is -2.00. The first-order valence-corrected chi connectivity index (χ1v) is 9.49. The van der Waals surface area contributed by atoms with E-state index in [0.29, 0.717) is 22.3 Å². The molecular formula is C22H18ClN5O. The van der Waals surface area contributed by atoms with E-state index in [9.17, 15) is 0 Å². The van der Waals surface area contributed by atoms with Crippen molar-refractivity contribution in [3.05, 3.63) is 81.4 Å². The van der Waals surface area contributed by atoms with Crippen LogP contribution in [-0.2, 0) is 6.42 Å². The van der Waals surface area contributed by atoms with Crippen LogP contribution in [-0.4, -0.2) is 19.9 Å². The molecule has 4 rings (SSSR count). The smallest absolute Gasteiger partial charge is 0.257 e. The molecule has 6 nitrogen and oxygen atoms in total. The standard InChI is InChI=1S/C22H18ClN5O/c1-13-20(10-16-4-6-17(7-5-16)22-25-15(3)27-29-22)14(2)28(26-13)19-9-8-18(12-24)21(23)11-19/h4-9,11H,10H2,1-3H3. The highest BCUT2D eigenvalue weighted by molar-refractivity contribution is 6.31. The Balaban J connectivity index is 1.62. The predicted molar refractivity (Wildman–Crippen MR) is 110 cm³/mol. The Hall–Kier alpha value is -3.43. The van der Waals surface area contributed by atoms with E-state index in [2.05, 4.69) is 33.4 Å². The molecule has 0 saturated heterocycles. The summed E-state index contributed by atoms with van der Waals surface area (Å²) in [6.07, 6.45) is 0.755. The molecule has 0 aliphatic rings. The molecule has 0 amide bonds. The molecule has 144 valence electrons. The fraction of sp³-hybridized carbons (Fsp3) is 0.182. The minimum Gasteiger partial charge on any atom is -0.334 e. The van der Waals surface area contributed by atoms with Crippen LogP contribution in [0.4, 0.5) is 0 Å². The number of hydrogen-bond donors (Lipinski definition) is 0. The third kappa shape index (κ3) is 3.65. The van der Waals surface area contributed by atoms with Crippen LogP contribution in [0.5, 0.6) is 0 Å². The Bertz CT molecular complexity index is 1230. The molecule has 0 atom stereocenters. The molecule has 0 aliphatic heterocycles. The van der Waals surface area contributed by atoms with Crippen molar-refractivity contribution in [2.45, 2.75) is 27.2 Å². The molecule has 0 unspecified atom stereocenters. The molecule has 2 aromatic carbocycles. The van der Waals surface area contributed by atoms with Crippen LogP contribution in [0.3, 0.4) is 0 Å². The zero-order chi connectivity index (χ0) is 20.5. The summed E-state index contributed by atoms with van der Waals surface area (Å²) in [6, 6.07) is 15.5. The van der Waals surface area contributed by atoms with Gasteiger partial charge in [0.2, 0.25) is 0 Å². The normalized spacial score (nSPS) is 10.9. The van der Waals surface area contributed by atoms with Gasteiger partial charge in [-0.05, 0) is 56.7 Å². The monoisotopic (exact) mass is 403 g/mol. The van der Waals surface area contributed by atoms with Crippen molar-refractivity contribution < 1.29 is 4.52 Å². The zero-order valence-corrected chi connectivity index (χ0v) is 17.0. The summed E-state index contributed by atoms with van der Waals surface area (Å²) in [4.78, 5) is 4.26. The van der Waals surface area contributed by atoms with Crippen LogP contribution in [0.25, 0.3) is 17.1 Å². The van der Waals surface area contributed by atoms with Crippen LogP contribution in [0, 0.1) is 32.1 Å². The van der Waals surface area contributed by atoms with Crippen molar-refractivity contribution in [1.29, 1.82) is 5.26 Å². The fourth-order valence-electron chi connectivity index (χ4n) is 3.29. The molecule has 2 heterocycles. The van der Waals surface area contributed by atoms with Crippen molar-refractivity contribution in [3.8, 4) is 23.2 Å². The summed E-state index contributed by atoms with van der Waals surface area (Å²) in [5, 5.41) is 18.0. The molecule has 0 radical (unpaired) electrons. The molecule has 2 aromatic heterocycles. The Labute approximate surface area is 173 Å². The number of nitriles is 1. The topological polar surface area (TPSA) is 80.5 Å². The zero-order valence-electron chi connectivity index (χ0n) is 16.3. The van der Waals surface area contributed by atoms with Gasteiger partial charge in [-0.2, -0.15) is 15.3 Å². The number of hydrogen-bond acceptors (Lipinski definition) is 5. The molecule has 4 aromatic rings. The second kappa shape index (κ2) is 7.53. The molecule has 0 N–H and O–H groups in total. The minimum atomic E-state index is 0.422. The molecule has 0 spiro atoms. The molecule has 0 bridgehead atoms. The molecule has 0 aliphatic carbocycles. The van der Waals surface area contributed by atoms with E-state index in [4.69, 9.17) is 21.4 Å². The highest BCUT2D eigenvalue weighted by Crippen LogP contribution is 2.25. The van der Waals surface area contributed by atoms with E-state index in [1.165, 1.54) is 0 Å². The van der Waals surface area contributed by atoms with Crippen LogP contribution in [0.15, 0.2) is 47.0 Å². The summed E-state index contributed by atoms with van der Waals surface area (Å²) in [5.74, 6) is 1.14. The third-order valence-electron chi connectivity index (χ3n) is 4.87. The van der Waals surface area contributed by atoms with Gasteiger partial charge < -0.3 is 4.52 Å². The quantitative estimate of drug-likeness (QED) is 0.480. The van der Waals surface area contributed by atoms with E-state index in [0.717, 1.165) is 40.2 Å². The first-order chi connectivity index (χ1) is 14.0. The summed E-state index contributed by atoms with van der Waals surface area (Å²) >= 11 is 6.19. The van der Waals surface area contributed by atoms with E-state index in [1.807, 2.05) is 36.7 Å². The van der Waals surface area contributed by atoms with Gasteiger partial charge in [0.05, 0.1) is 22.0 Å². The van der Waals surface area contributed by atoms with Gasteiger partial charge in [-0.1, -0.05) is 28.9 Å². The van der Waals surface area contributed by atoms with Gasteiger partial charge >= 0.3 is 0 Å². The number of halogens is 1. The average molecular weight is 404 g/mol. The highest BCUT2D eigenvalue weighted by atomic mass is 35.5. The van der Waals surface area contributed by atoms with E-state index >= 15 is 0 Å². The highest BCUT2D eigenvalue weighted by Gasteiger charge is 2.15. The Morgan fingerprint density at radius 2 is 1.86 bits per heavy atom. The summed E-state index contributed by atoms with van der Waals surface area (Å²) in [5.41, 5.74) is 6.50. The van der Waals surface area contributed by atoms with Crippen molar-refractivity contribution in [1.82, 2.24) is 19.9 Å². The molecule has 29 heavy (non-hydrogen) atoms. The van der Waals surface area contributed by atoms with Gasteiger partial charge in [-0.15, -0.1) is 0 Å². The Kier molecular flexibility index (Phi) is 4.91. The van der Waals surface area contributed by atoms with Gasteiger partial charge in [0.1, 0.15) is 6.07 Å². The Morgan fingerprint density at radius 3 is 2.48 bits per heavy atom. The number of benzene rings is 2. The summed E-state index contributed by atoms with van der Waals surface area (Å²) < 4.78 is 7.09. The van der Waals surface area contributed by atoms with Gasteiger partial charge in [0.25, 0.3) is 5.89 Å². The largest absolute Gasteiger partial charge is 0.334 e. The van der Waals surface area contributed by atoms with Crippen molar-refractivity contribution in [2.75, 3.05) is 0 Å².